The first-order chi connectivity index (χ1) is 9.69. The molecule has 108 valence electrons. The Morgan fingerprint density at radius 3 is 2.80 bits per heavy atom. The van der Waals surface area contributed by atoms with Gasteiger partial charge in [0, 0.05) is 18.8 Å². The second-order valence-corrected chi connectivity index (χ2v) is 5.96. The van der Waals surface area contributed by atoms with Gasteiger partial charge in [0.1, 0.15) is 11.4 Å². The average Bonchev–Trinajstić information content (AvgIpc) is 2.83. The quantitative estimate of drug-likeness (QED) is 0.897. The molecule has 0 bridgehead atoms. The van der Waals surface area contributed by atoms with Gasteiger partial charge < -0.3 is 10.0 Å². The highest BCUT2D eigenvalue weighted by Crippen LogP contribution is 2.31. The molecule has 1 aromatic heterocycles. The summed E-state index contributed by atoms with van der Waals surface area (Å²) in [6.45, 7) is 3.85. The standard InChI is InChI=1S/C16H22N2O2/c1-2-18(10-11-5-3-6-11)15-13(16(19)20)9-12-7-4-8-14(12)17-15/h9,11H,2-8,10H2,1H3,(H,19,20). The van der Waals surface area contributed by atoms with Gasteiger partial charge in [-0.1, -0.05) is 6.42 Å². The number of anilines is 1. The maximum atomic E-state index is 11.5. The Morgan fingerprint density at radius 2 is 2.20 bits per heavy atom. The summed E-state index contributed by atoms with van der Waals surface area (Å²) in [7, 11) is 0. The van der Waals surface area contributed by atoms with Crippen LogP contribution < -0.4 is 4.90 Å². The summed E-state index contributed by atoms with van der Waals surface area (Å²) in [6, 6.07) is 1.86. The minimum absolute atomic E-state index is 0.381. The molecule has 0 amide bonds. The van der Waals surface area contributed by atoms with Crippen molar-refractivity contribution in [3.63, 3.8) is 0 Å². The third kappa shape index (κ3) is 2.39. The van der Waals surface area contributed by atoms with E-state index in [1.165, 1.54) is 19.3 Å². The third-order valence-electron chi connectivity index (χ3n) is 4.65. The molecular formula is C16H22N2O2. The summed E-state index contributed by atoms with van der Waals surface area (Å²) in [5.74, 6) is 0.549. The smallest absolute Gasteiger partial charge is 0.339 e. The van der Waals surface area contributed by atoms with Crippen molar-refractivity contribution in [3.8, 4) is 0 Å². The van der Waals surface area contributed by atoms with Crippen LogP contribution in [0.3, 0.4) is 0 Å². The van der Waals surface area contributed by atoms with Gasteiger partial charge in [0.05, 0.1) is 0 Å². The van der Waals surface area contributed by atoms with Crippen LogP contribution in [0, 0.1) is 5.92 Å². The van der Waals surface area contributed by atoms with E-state index in [2.05, 4.69) is 11.8 Å². The number of aromatic carboxylic acids is 1. The summed E-state index contributed by atoms with van der Waals surface area (Å²) in [4.78, 5) is 18.4. The van der Waals surface area contributed by atoms with Crippen molar-refractivity contribution in [2.75, 3.05) is 18.0 Å². The second-order valence-electron chi connectivity index (χ2n) is 5.96. The van der Waals surface area contributed by atoms with Gasteiger partial charge in [-0.3, -0.25) is 0 Å². The first kappa shape index (κ1) is 13.4. The fraction of sp³-hybridized carbons (Fsp3) is 0.625. The van der Waals surface area contributed by atoms with Crippen LogP contribution in [0.1, 0.15) is 54.2 Å². The van der Waals surface area contributed by atoms with Crippen LogP contribution in [-0.4, -0.2) is 29.1 Å². The molecule has 0 spiro atoms. The van der Waals surface area contributed by atoms with Crippen molar-refractivity contribution in [3.05, 3.63) is 22.9 Å². The monoisotopic (exact) mass is 274 g/mol. The van der Waals surface area contributed by atoms with Crippen molar-refractivity contribution in [1.29, 1.82) is 0 Å². The van der Waals surface area contributed by atoms with Gasteiger partial charge >= 0.3 is 5.97 Å². The Balaban J connectivity index is 1.94. The lowest BCUT2D eigenvalue weighted by Crippen LogP contribution is -2.34. The molecule has 4 nitrogen and oxygen atoms in total. The van der Waals surface area contributed by atoms with E-state index < -0.39 is 5.97 Å². The van der Waals surface area contributed by atoms with Gasteiger partial charge in [-0.15, -0.1) is 0 Å². The zero-order valence-electron chi connectivity index (χ0n) is 12.1. The second kappa shape index (κ2) is 5.43. The molecule has 0 unspecified atom stereocenters. The summed E-state index contributed by atoms with van der Waals surface area (Å²) < 4.78 is 0. The number of hydrogen-bond acceptors (Lipinski definition) is 3. The van der Waals surface area contributed by atoms with E-state index in [9.17, 15) is 9.90 Å². The van der Waals surface area contributed by atoms with E-state index in [4.69, 9.17) is 4.98 Å². The van der Waals surface area contributed by atoms with E-state index in [0.29, 0.717) is 17.3 Å². The first-order valence-electron chi connectivity index (χ1n) is 7.70. The number of carbonyl (C=O) groups is 1. The van der Waals surface area contributed by atoms with Crippen molar-refractivity contribution in [2.45, 2.75) is 45.4 Å². The number of pyridine rings is 1. The number of rotatable bonds is 5. The predicted molar refractivity (Wildman–Crippen MR) is 78.4 cm³/mol. The highest BCUT2D eigenvalue weighted by Gasteiger charge is 2.26. The normalized spacial score (nSPS) is 17.6. The Labute approximate surface area is 119 Å². The van der Waals surface area contributed by atoms with Crippen LogP contribution in [0.2, 0.25) is 0 Å². The van der Waals surface area contributed by atoms with Crippen molar-refractivity contribution in [2.24, 2.45) is 5.92 Å². The number of carboxylic acids is 1. The van der Waals surface area contributed by atoms with Crippen LogP contribution in [0.15, 0.2) is 6.07 Å². The van der Waals surface area contributed by atoms with Gasteiger partial charge in [0.15, 0.2) is 0 Å². The fourth-order valence-corrected chi connectivity index (χ4v) is 3.21. The number of aromatic nitrogens is 1. The largest absolute Gasteiger partial charge is 0.478 e. The zero-order valence-corrected chi connectivity index (χ0v) is 12.1. The van der Waals surface area contributed by atoms with E-state index >= 15 is 0 Å². The molecule has 0 radical (unpaired) electrons. The molecule has 1 saturated carbocycles. The van der Waals surface area contributed by atoms with Crippen LogP contribution in [-0.2, 0) is 12.8 Å². The van der Waals surface area contributed by atoms with Crippen LogP contribution >= 0.6 is 0 Å². The van der Waals surface area contributed by atoms with Crippen molar-refractivity contribution < 1.29 is 9.90 Å². The summed E-state index contributed by atoms with van der Waals surface area (Å²) in [6.07, 6.45) is 6.90. The highest BCUT2D eigenvalue weighted by molar-refractivity contribution is 5.93. The maximum absolute atomic E-state index is 11.5. The molecule has 0 aromatic carbocycles. The van der Waals surface area contributed by atoms with Gasteiger partial charge in [-0.25, -0.2) is 9.78 Å². The topological polar surface area (TPSA) is 53.4 Å². The van der Waals surface area contributed by atoms with E-state index in [1.54, 1.807) is 0 Å². The van der Waals surface area contributed by atoms with Crippen LogP contribution in [0.5, 0.6) is 0 Å². The number of aryl methyl sites for hydroxylation is 2. The molecule has 1 heterocycles. The molecule has 1 N–H and O–H groups in total. The summed E-state index contributed by atoms with van der Waals surface area (Å²) in [5.41, 5.74) is 2.62. The minimum Gasteiger partial charge on any atom is -0.478 e. The number of hydrogen-bond donors (Lipinski definition) is 1. The maximum Gasteiger partial charge on any atom is 0.339 e. The lowest BCUT2D eigenvalue weighted by molar-refractivity contribution is 0.0697. The summed E-state index contributed by atoms with van der Waals surface area (Å²) >= 11 is 0. The highest BCUT2D eigenvalue weighted by atomic mass is 16.4. The molecule has 1 fully saturated rings. The fourth-order valence-electron chi connectivity index (χ4n) is 3.21. The van der Waals surface area contributed by atoms with Gasteiger partial charge in [0.2, 0.25) is 0 Å². The van der Waals surface area contributed by atoms with Crippen molar-refractivity contribution in [1.82, 2.24) is 4.98 Å². The molecule has 0 atom stereocenters. The molecule has 20 heavy (non-hydrogen) atoms. The molecule has 3 rings (SSSR count). The lowest BCUT2D eigenvalue weighted by Gasteiger charge is -2.33. The predicted octanol–water partition coefficient (Wildman–Crippen LogP) is 2.89. The SMILES string of the molecule is CCN(CC1CCC1)c1nc2c(cc1C(=O)O)CCC2. The third-order valence-corrected chi connectivity index (χ3v) is 4.65. The molecule has 0 saturated heterocycles. The minimum atomic E-state index is -0.853. The number of fused-ring (bicyclic) bond motifs is 1. The Bertz CT molecular complexity index is 523. The van der Waals surface area contributed by atoms with Crippen LogP contribution in [0.25, 0.3) is 0 Å². The lowest BCUT2D eigenvalue weighted by atomic mass is 9.85. The zero-order chi connectivity index (χ0) is 14.1. The van der Waals surface area contributed by atoms with E-state index in [-0.39, 0.29) is 0 Å². The molecule has 0 aliphatic heterocycles. The molecule has 2 aliphatic rings. The molecular weight excluding hydrogens is 252 g/mol. The number of carboxylic acid groups (broad SMARTS) is 1. The van der Waals surface area contributed by atoms with E-state index in [0.717, 1.165) is 43.6 Å². The summed E-state index contributed by atoms with van der Waals surface area (Å²) in [5, 5.41) is 9.48. The first-order valence-corrected chi connectivity index (χ1v) is 7.70. The molecule has 2 aliphatic carbocycles. The van der Waals surface area contributed by atoms with Gasteiger partial charge in [0.25, 0.3) is 0 Å². The number of nitrogens with zero attached hydrogens (tertiary/aromatic N) is 2. The Morgan fingerprint density at radius 1 is 1.40 bits per heavy atom. The van der Waals surface area contributed by atoms with Gasteiger partial charge in [-0.05, 0) is 56.6 Å². The molecule has 1 aromatic rings. The van der Waals surface area contributed by atoms with E-state index in [1.807, 2.05) is 6.07 Å². The van der Waals surface area contributed by atoms with Crippen LogP contribution in [0.4, 0.5) is 5.82 Å². The van der Waals surface area contributed by atoms with Crippen molar-refractivity contribution >= 4 is 11.8 Å². The Kier molecular flexibility index (Phi) is 3.64. The molecule has 4 heteroatoms. The van der Waals surface area contributed by atoms with Gasteiger partial charge in [-0.2, -0.15) is 0 Å². The average molecular weight is 274 g/mol. The Hall–Kier alpha value is -1.58.